The minimum Gasteiger partial charge on any atom is -0.207 e. The molecule has 84 valence electrons. The Hall–Kier alpha value is -0.850. The zero-order chi connectivity index (χ0) is 11.6. The first-order valence-electron chi connectivity index (χ1n) is 5.58. The van der Waals surface area contributed by atoms with E-state index in [2.05, 4.69) is 34.6 Å². The molecule has 0 aliphatic heterocycles. The lowest BCUT2D eigenvalue weighted by Crippen LogP contribution is -2.11. The van der Waals surface area contributed by atoms with Gasteiger partial charge in [0.05, 0.1) is 0 Å². The van der Waals surface area contributed by atoms with Gasteiger partial charge in [0, 0.05) is 0 Å². The van der Waals surface area contributed by atoms with Gasteiger partial charge in [-0.1, -0.05) is 46.8 Å². The molecule has 1 heteroatoms. The van der Waals surface area contributed by atoms with Crippen molar-refractivity contribution in [1.29, 1.82) is 0 Å². The Balaban J connectivity index is 3.01. The molecule has 0 atom stereocenters. The summed E-state index contributed by atoms with van der Waals surface area (Å²) in [7, 11) is 0. The van der Waals surface area contributed by atoms with Crippen molar-refractivity contribution in [2.75, 3.05) is 0 Å². The second-order valence-corrected chi connectivity index (χ2v) is 5.74. The Labute approximate surface area is 92.5 Å². The molecule has 0 saturated carbocycles. The molecule has 0 heterocycles. The summed E-state index contributed by atoms with van der Waals surface area (Å²) in [5, 5.41) is 0. The van der Waals surface area contributed by atoms with E-state index in [0.717, 1.165) is 12.0 Å². The Morgan fingerprint density at radius 3 is 2.27 bits per heavy atom. The van der Waals surface area contributed by atoms with Crippen LogP contribution in [-0.4, -0.2) is 0 Å². The molecule has 1 aromatic rings. The summed E-state index contributed by atoms with van der Waals surface area (Å²) < 4.78 is 13.6. The quantitative estimate of drug-likeness (QED) is 0.669. The van der Waals surface area contributed by atoms with Crippen molar-refractivity contribution in [3.05, 3.63) is 35.1 Å². The summed E-state index contributed by atoms with van der Waals surface area (Å²) in [5.74, 6) is 0.388. The Kier molecular flexibility index (Phi) is 3.54. The van der Waals surface area contributed by atoms with Crippen LogP contribution in [0, 0.1) is 11.2 Å². The molecule has 0 unspecified atom stereocenters. The summed E-state index contributed by atoms with van der Waals surface area (Å²) in [6, 6.07) is 5.48. The van der Waals surface area contributed by atoms with Crippen molar-refractivity contribution >= 4 is 0 Å². The molecule has 0 radical (unpaired) electrons. The molecule has 0 aliphatic rings. The van der Waals surface area contributed by atoms with Gasteiger partial charge in [0.25, 0.3) is 0 Å². The molecule has 1 rings (SSSR count). The lowest BCUT2D eigenvalue weighted by Gasteiger charge is -2.19. The zero-order valence-corrected chi connectivity index (χ0v) is 10.4. The van der Waals surface area contributed by atoms with Gasteiger partial charge in [-0.05, 0) is 34.9 Å². The van der Waals surface area contributed by atoms with Gasteiger partial charge < -0.3 is 0 Å². The van der Waals surface area contributed by atoms with E-state index >= 15 is 0 Å². The van der Waals surface area contributed by atoms with Crippen molar-refractivity contribution < 1.29 is 4.39 Å². The summed E-state index contributed by atoms with van der Waals surface area (Å²) in [6.07, 6.45) is 0.791. The molecule has 0 nitrogen and oxygen atoms in total. The van der Waals surface area contributed by atoms with Crippen LogP contribution in [0.2, 0.25) is 0 Å². The molecule has 0 spiro atoms. The molecular weight excluding hydrogens is 187 g/mol. The van der Waals surface area contributed by atoms with Crippen molar-refractivity contribution in [3.63, 3.8) is 0 Å². The highest BCUT2D eigenvalue weighted by Crippen LogP contribution is 2.25. The first kappa shape index (κ1) is 12.2. The molecule has 0 aliphatic carbocycles. The topological polar surface area (TPSA) is 0 Å². The minimum absolute atomic E-state index is 0.0747. The highest BCUT2D eigenvalue weighted by molar-refractivity contribution is 5.27. The maximum Gasteiger partial charge on any atom is 0.126 e. The van der Waals surface area contributed by atoms with Gasteiger partial charge in [-0.25, -0.2) is 4.39 Å². The molecule has 1 aromatic carbocycles. The smallest absolute Gasteiger partial charge is 0.126 e. The summed E-state index contributed by atoms with van der Waals surface area (Å²) in [5.41, 5.74) is 2.19. The largest absolute Gasteiger partial charge is 0.207 e. The lowest BCUT2D eigenvalue weighted by atomic mass is 9.86. The van der Waals surface area contributed by atoms with E-state index in [0.29, 0.717) is 5.92 Å². The number of hydrogen-bond donors (Lipinski definition) is 0. The third kappa shape index (κ3) is 3.65. The summed E-state index contributed by atoms with van der Waals surface area (Å²) in [4.78, 5) is 0. The second kappa shape index (κ2) is 4.34. The molecule has 0 saturated heterocycles. The van der Waals surface area contributed by atoms with Gasteiger partial charge in [0.15, 0.2) is 0 Å². The van der Waals surface area contributed by atoms with E-state index in [1.807, 2.05) is 12.1 Å². The van der Waals surface area contributed by atoms with E-state index in [1.165, 1.54) is 5.56 Å². The summed E-state index contributed by atoms with van der Waals surface area (Å²) in [6.45, 7) is 10.7. The van der Waals surface area contributed by atoms with Crippen LogP contribution in [0.15, 0.2) is 18.2 Å². The summed E-state index contributed by atoms with van der Waals surface area (Å²) >= 11 is 0. The van der Waals surface area contributed by atoms with E-state index in [9.17, 15) is 4.39 Å². The van der Waals surface area contributed by atoms with Gasteiger partial charge in [-0.15, -0.1) is 0 Å². The third-order valence-corrected chi connectivity index (χ3v) is 2.46. The molecule has 0 fully saturated rings. The van der Waals surface area contributed by atoms with Gasteiger partial charge >= 0.3 is 0 Å². The first-order chi connectivity index (χ1) is 6.79. The standard InChI is InChI=1S/C14H21F/c1-10(2)11-6-7-13(15)12(8-11)9-14(3,4)5/h6-8,10H,9H2,1-5H3. The average Bonchev–Trinajstić information content (AvgIpc) is 2.06. The van der Waals surface area contributed by atoms with Gasteiger partial charge in [-0.2, -0.15) is 0 Å². The maximum absolute atomic E-state index is 13.6. The van der Waals surface area contributed by atoms with Crippen molar-refractivity contribution in [2.45, 2.75) is 47.0 Å². The maximum atomic E-state index is 13.6. The predicted octanol–water partition coefficient (Wildman–Crippen LogP) is 4.54. The number of rotatable bonds is 2. The second-order valence-electron chi connectivity index (χ2n) is 5.74. The third-order valence-electron chi connectivity index (χ3n) is 2.46. The molecule has 0 aromatic heterocycles. The predicted molar refractivity (Wildman–Crippen MR) is 63.6 cm³/mol. The van der Waals surface area contributed by atoms with Crippen molar-refractivity contribution in [2.24, 2.45) is 5.41 Å². The van der Waals surface area contributed by atoms with E-state index in [4.69, 9.17) is 0 Å². The fourth-order valence-electron chi connectivity index (χ4n) is 1.66. The minimum atomic E-state index is -0.0747. The van der Waals surface area contributed by atoms with E-state index in [-0.39, 0.29) is 11.2 Å². The van der Waals surface area contributed by atoms with E-state index in [1.54, 1.807) is 6.07 Å². The lowest BCUT2D eigenvalue weighted by molar-refractivity contribution is 0.402. The Bertz CT molecular complexity index is 332. The van der Waals surface area contributed by atoms with Crippen LogP contribution in [0.1, 0.15) is 51.7 Å². The van der Waals surface area contributed by atoms with Gasteiger partial charge in [-0.3, -0.25) is 0 Å². The van der Waals surface area contributed by atoms with Gasteiger partial charge in [0.2, 0.25) is 0 Å². The Morgan fingerprint density at radius 1 is 1.20 bits per heavy atom. The zero-order valence-electron chi connectivity index (χ0n) is 10.4. The number of hydrogen-bond acceptors (Lipinski definition) is 0. The van der Waals surface area contributed by atoms with Crippen LogP contribution >= 0.6 is 0 Å². The highest BCUT2D eigenvalue weighted by atomic mass is 19.1. The van der Waals surface area contributed by atoms with Crippen LogP contribution < -0.4 is 0 Å². The number of halogens is 1. The SMILES string of the molecule is CC(C)c1ccc(F)c(CC(C)(C)C)c1. The van der Waals surface area contributed by atoms with E-state index < -0.39 is 0 Å². The molecule has 0 amide bonds. The van der Waals surface area contributed by atoms with Crippen LogP contribution in [0.5, 0.6) is 0 Å². The molecule has 0 bridgehead atoms. The molecule has 0 N–H and O–H groups in total. The monoisotopic (exact) mass is 208 g/mol. The molecular formula is C14H21F. The van der Waals surface area contributed by atoms with Crippen LogP contribution in [0.25, 0.3) is 0 Å². The normalized spacial score (nSPS) is 12.2. The van der Waals surface area contributed by atoms with Crippen LogP contribution in [0.3, 0.4) is 0 Å². The van der Waals surface area contributed by atoms with Crippen LogP contribution in [-0.2, 0) is 6.42 Å². The van der Waals surface area contributed by atoms with Gasteiger partial charge in [0.1, 0.15) is 5.82 Å². The number of benzene rings is 1. The first-order valence-corrected chi connectivity index (χ1v) is 5.58. The highest BCUT2D eigenvalue weighted by Gasteiger charge is 2.15. The molecule has 15 heavy (non-hydrogen) atoms. The fraction of sp³-hybridized carbons (Fsp3) is 0.571. The average molecular weight is 208 g/mol. The fourth-order valence-corrected chi connectivity index (χ4v) is 1.66. The Morgan fingerprint density at radius 2 is 1.80 bits per heavy atom. The van der Waals surface area contributed by atoms with Crippen molar-refractivity contribution in [3.8, 4) is 0 Å². The van der Waals surface area contributed by atoms with Crippen molar-refractivity contribution in [1.82, 2.24) is 0 Å². The van der Waals surface area contributed by atoms with Crippen LogP contribution in [0.4, 0.5) is 4.39 Å².